The van der Waals surface area contributed by atoms with Gasteiger partial charge in [-0.15, -0.1) is 0 Å². The van der Waals surface area contributed by atoms with Crippen LogP contribution in [-0.4, -0.2) is 34.3 Å². The summed E-state index contributed by atoms with van der Waals surface area (Å²) in [5, 5.41) is 11.6. The van der Waals surface area contributed by atoms with Crippen molar-refractivity contribution in [2.24, 2.45) is 0 Å². The lowest BCUT2D eigenvalue weighted by Gasteiger charge is -2.26. The molecule has 0 aliphatic carbocycles. The van der Waals surface area contributed by atoms with Gasteiger partial charge >= 0.3 is 5.97 Å². The average Bonchev–Trinajstić information content (AvgIpc) is 3.43. The highest BCUT2D eigenvalue weighted by Gasteiger charge is 2.44. The number of carbonyl (C=O) groups is 3. The van der Waals surface area contributed by atoms with Gasteiger partial charge in [0.05, 0.1) is 23.8 Å². The molecule has 1 unspecified atom stereocenters. The van der Waals surface area contributed by atoms with E-state index in [1.807, 2.05) is 24.3 Å². The molecule has 5 rings (SSSR count). The molecular weight excluding hydrogens is 538 g/mol. The molecule has 1 N–H and O–H groups in total. The number of rotatable bonds is 7. The number of fused-ring (bicyclic) bond motifs is 1. The molecule has 1 amide bonds. The smallest absolute Gasteiger partial charge is 0.338 e. The minimum atomic E-state index is -0.828. The Labute approximate surface area is 221 Å². The summed E-state index contributed by atoms with van der Waals surface area (Å²) in [6.07, 6.45) is 0. The third-order valence-electron chi connectivity index (χ3n) is 6.18. The first kappa shape index (κ1) is 24.5. The van der Waals surface area contributed by atoms with E-state index in [2.05, 4.69) is 15.9 Å². The van der Waals surface area contributed by atoms with Crippen molar-refractivity contribution in [3.8, 4) is 0 Å². The number of furan rings is 1. The third-order valence-corrected chi connectivity index (χ3v) is 6.68. The summed E-state index contributed by atoms with van der Waals surface area (Å²) in [7, 11) is 0. The summed E-state index contributed by atoms with van der Waals surface area (Å²) in [6.45, 7) is 2.11. The maximum atomic E-state index is 13.7. The number of halogens is 1. The predicted molar refractivity (Wildman–Crippen MR) is 140 cm³/mol. The second-order valence-corrected chi connectivity index (χ2v) is 9.46. The molecule has 0 fully saturated rings. The van der Waals surface area contributed by atoms with Crippen LogP contribution in [0.15, 0.2) is 99.1 Å². The number of aliphatic hydroxyl groups excluding tert-OH is 1. The first-order valence-electron chi connectivity index (χ1n) is 11.7. The van der Waals surface area contributed by atoms with E-state index in [0.29, 0.717) is 16.7 Å². The molecule has 1 aliphatic heterocycles. The number of nitrogens with zero attached hydrogens (tertiary/aromatic N) is 1. The Morgan fingerprint density at radius 1 is 1.03 bits per heavy atom. The number of carbonyl (C=O) groups excluding carboxylic acids is 3. The quantitative estimate of drug-likeness (QED) is 0.215. The zero-order chi connectivity index (χ0) is 26.1. The molecule has 0 bridgehead atoms. The van der Waals surface area contributed by atoms with Gasteiger partial charge in [0.1, 0.15) is 5.58 Å². The average molecular weight is 560 g/mol. The van der Waals surface area contributed by atoms with Crippen molar-refractivity contribution < 1.29 is 28.6 Å². The third kappa shape index (κ3) is 4.68. The van der Waals surface area contributed by atoms with Gasteiger partial charge in [-0.25, -0.2) is 4.79 Å². The van der Waals surface area contributed by atoms with E-state index in [1.165, 1.54) is 4.90 Å². The van der Waals surface area contributed by atoms with Crippen LogP contribution in [0.5, 0.6) is 0 Å². The van der Waals surface area contributed by atoms with E-state index in [4.69, 9.17) is 9.15 Å². The Morgan fingerprint density at radius 2 is 1.76 bits per heavy atom. The number of ether oxygens (including phenoxy) is 1. The molecule has 186 valence electrons. The van der Waals surface area contributed by atoms with Crippen molar-refractivity contribution in [2.45, 2.75) is 19.5 Å². The second kappa shape index (κ2) is 10.1. The van der Waals surface area contributed by atoms with Crippen LogP contribution in [-0.2, 0) is 16.1 Å². The number of amides is 1. The van der Waals surface area contributed by atoms with Crippen molar-refractivity contribution in [1.82, 2.24) is 4.90 Å². The fourth-order valence-corrected chi connectivity index (χ4v) is 4.83. The van der Waals surface area contributed by atoms with Gasteiger partial charge in [0.25, 0.3) is 5.91 Å². The van der Waals surface area contributed by atoms with Gasteiger partial charge in [0.2, 0.25) is 5.78 Å². The van der Waals surface area contributed by atoms with Gasteiger partial charge < -0.3 is 19.2 Å². The summed E-state index contributed by atoms with van der Waals surface area (Å²) < 4.78 is 11.6. The van der Waals surface area contributed by atoms with Crippen LogP contribution in [0.1, 0.15) is 45.0 Å². The van der Waals surface area contributed by atoms with E-state index in [1.54, 1.807) is 61.5 Å². The molecule has 0 spiro atoms. The predicted octanol–water partition coefficient (Wildman–Crippen LogP) is 6.15. The number of Topliss-reactive ketones (excluding diaryl/α,β-unsaturated/α-hetero) is 1. The van der Waals surface area contributed by atoms with E-state index in [-0.39, 0.29) is 24.5 Å². The standard InChI is InChI=1S/C29H22BrNO6/c1-2-36-29(35)19-10-8-17(9-11-19)16-31-25(18-6-4-3-5-7-18)24(27(33)28(31)34)26(32)23-15-20-14-21(30)12-13-22(20)37-23/h3-15,25,33H,2,16H2,1H3. The highest BCUT2D eigenvalue weighted by Crippen LogP contribution is 2.40. The van der Waals surface area contributed by atoms with Gasteiger partial charge in [0, 0.05) is 16.4 Å². The fourth-order valence-electron chi connectivity index (χ4n) is 4.45. The van der Waals surface area contributed by atoms with Crippen LogP contribution in [0.4, 0.5) is 0 Å². The van der Waals surface area contributed by atoms with Gasteiger partial charge in [-0.05, 0) is 54.4 Å². The number of hydrogen-bond acceptors (Lipinski definition) is 6. The summed E-state index contributed by atoms with van der Waals surface area (Å²) in [5.41, 5.74) is 2.26. The monoisotopic (exact) mass is 559 g/mol. The topological polar surface area (TPSA) is 97.0 Å². The first-order valence-corrected chi connectivity index (χ1v) is 12.5. The molecule has 0 radical (unpaired) electrons. The molecule has 4 aromatic rings. The molecule has 7 nitrogen and oxygen atoms in total. The Hall–Kier alpha value is -4.17. The van der Waals surface area contributed by atoms with Gasteiger partial charge in [-0.1, -0.05) is 58.4 Å². The highest BCUT2D eigenvalue weighted by atomic mass is 79.9. The van der Waals surface area contributed by atoms with E-state index < -0.39 is 29.5 Å². The molecule has 37 heavy (non-hydrogen) atoms. The Bertz CT molecular complexity index is 1540. The second-order valence-electron chi connectivity index (χ2n) is 8.55. The largest absolute Gasteiger partial charge is 0.503 e. The van der Waals surface area contributed by atoms with Crippen molar-refractivity contribution in [2.75, 3.05) is 6.61 Å². The molecule has 3 aromatic carbocycles. The van der Waals surface area contributed by atoms with E-state index in [0.717, 1.165) is 15.4 Å². The summed E-state index contributed by atoms with van der Waals surface area (Å²) in [4.78, 5) is 40.4. The van der Waals surface area contributed by atoms with E-state index >= 15 is 0 Å². The van der Waals surface area contributed by atoms with Crippen molar-refractivity contribution in [1.29, 1.82) is 0 Å². The Balaban J connectivity index is 1.51. The van der Waals surface area contributed by atoms with Crippen LogP contribution >= 0.6 is 15.9 Å². The zero-order valence-electron chi connectivity index (χ0n) is 19.8. The number of ketones is 1. The normalized spacial score (nSPS) is 15.5. The minimum absolute atomic E-state index is 0.0315. The molecule has 2 heterocycles. The zero-order valence-corrected chi connectivity index (χ0v) is 21.4. The van der Waals surface area contributed by atoms with Crippen molar-refractivity contribution in [3.05, 3.63) is 117 Å². The number of benzene rings is 3. The van der Waals surface area contributed by atoms with E-state index in [9.17, 15) is 19.5 Å². The SMILES string of the molecule is CCOC(=O)c1ccc(CN2C(=O)C(O)=C(C(=O)c3cc4cc(Br)ccc4o3)C2c2ccccc2)cc1. The van der Waals surface area contributed by atoms with Crippen LogP contribution < -0.4 is 0 Å². The van der Waals surface area contributed by atoms with Crippen molar-refractivity contribution >= 4 is 44.6 Å². The molecule has 0 saturated carbocycles. The van der Waals surface area contributed by atoms with Crippen LogP contribution in [0.2, 0.25) is 0 Å². The minimum Gasteiger partial charge on any atom is -0.503 e. The number of esters is 1. The maximum absolute atomic E-state index is 13.7. The molecule has 0 saturated heterocycles. The summed E-state index contributed by atoms with van der Waals surface area (Å²) in [6, 6.07) is 21.9. The number of aliphatic hydroxyl groups is 1. The Kier molecular flexibility index (Phi) is 6.67. The first-order chi connectivity index (χ1) is 17.9. The van der Waals surface area contributed by atoms with Crippen molar-refractivity contribution in [3.63, 3.8) is 0 Å². The van der Waals surface area contributed by atoms with Gasteiger partial charge in [-0.2, -0.15) is 0 Å². The van der Waals surface area contributed by atoms with Gasteiger partial charge in [-0.3, -0.25) is 9.59 Å². The summed E-state index contributed by atoms with van der Waals surface area (Å²) in [5.74, 6) is -2.23. The van der Waals surface area contributed by atoms with Gasteiger partial charge in [0.15, 0.2) is 11.5 Å². The lowest BCUT2D eigenvalue weighted by atomic mass is 9.95. The van der Waals surface area contributed by atoms with Crippen LogP contribution in [0.3, 0.4) is 0 Å². The fraction of sp³-hybridized carbons (Fsp3) is 0.138. The molecule has 8 heteroatoms. The molecule has 1 atom stereocenters. The molecule has 1 aliphatic rings. The van der Waals surface area contributed by atoms with Crippen LogP contribution in [0, 0.1) is 0 Å². The Morgan fingerprint density at radius 3 is 2.46 bits per heavy atom. The maximum Gasteiger partial charge on any atom is 0.338 e. The summed E-state index contributed by atoms with van der Waals surface area (Å²) >= 11 is 3.41. The molecular formula is C29H22BrNO6. The molecule has 1 aromatic heterocycles. The van der Waals surface area contributed by atoms with Crippen LogP contribution in [0.25, 0.3) is 11.0 Å². The lowest BCUT2D eigenvalue weighted by molar-refractivity contribution is -0.130. The lowest BCUT2D eigenvalue weighted by Crippen LogP contribution is -2.30. The highest BCUT2D eigenvalue weighted by molar-refractivity contribution is 9.10. The number of hydrogen-bond donors (Lipinski definition) is 1.